The maximum absolute atomic E-state index is 11.4. The Kier molecular flexibility index (Phi) is 3.25. The number of likely N-dealkylation sites (tertiary alicyclic amines) is 1. The van der Waals surface area contributed by atoms with Crippen LogP contribution in [0.1, 0.15) is 31.9 Å². The summed E-state index contributed by atoms with van der Waals surface area (Å²) in [5.41, 5.74) is 2.04. The van der Waals surface area contributed by atoms with Crippen LogP contribution in [0.4, 0.5) is 0 Å². The van der Waals surface area contributed by atoms with Gasteiger partial charge in [-0.2, -0.15) is 0 Å². The average molecular weight is 240 g/mol. The lowest BCUT2D eigenvalue weighted by Gasteiger charge is -2.41. The molecule has 1 aromatic rings. The number of aliphatic carboxylic acids is 1. The molecular formula is C11H16N2O2S. The third kappa shape index (κ3) is 2.10. The molecule has 1 saturated heterocycles. The van der Waals surface area contributed by atoms with Crippen molar-refractivity contribution in [1.82, 2.24) is 9.88 Å². The Labute approximate surface area is 98.9 Å². The van der Waals surface area contributed by atoms with Gasteiger partial charge in [-0.05, 0) is 32.7 Å². The van der Waals surface area contributed by atoms with Crippen LogP contribution >= 0.6 is 11.3 Å². The molecule has 4 nitrogen and oxygen atoms in total. The first-order valence-electron chi connectivity index (χ1n) is 5.48. The predicted molar refractivity (Wildman–Crippen MR) is 62.4 cm³/mol. The highest BCUT2D eigenvalue weighted by Crippen LogP contribution is 2.29. The second-order valence-electron chi connectivity index (χ2n) is 4.44. The first-order valence-corrected chi connectivity index (χ1v) is 6.43. The van der Waals surface area contributed by atoms with E-state index in [0.717, 1.165) is 31.5 Å². The van der Waals surface area contributed by atoms with Gasteiger partial charge in [-0.3, -0.25) is 9.69 Å². The van der Waals surface area contributed by atoms with E-state index in [1.54, 1.807) is 16.8 Å². The highest BCUT2D eigenvalue weighted by Gasteiger charge is 2.41. The van der Waals surface area contributed by atoms with Crippen LogP contribution in [0.15, 0.2) is 10.9 Å². The fourth-order valence-corrected chi connectivity index (χ4v) is 2.73. The standard InChI is InChI=1S/C11H16N2O2S/c1-11(10(14)15)4-2-3-5-13(11)6-9-7-16-8-12-9/h7-8H,2-6H2,1H3,(H,14,15). The van der Waals surface area contributed by atoms with Gasteiger partial charge in [0.1, 0.15) is 5.54 Å². The molecule has 1 aromatic heterocycles. The number of aromatic nitrogens is 1. The van der Waals surface area contributed by atoms with Gasteiger partial charge in [-0.15, -0.1) is 11.3 Å². The van der Waals surface area contributed by atoms with Gasteiger partial charge in [-0.1, -0.05) is 0 Å². The van der Waals surface area contributed by atoms with E-state index in [2.05, 4.69) is 4.98 Å². The Morgan fingerprint density at radius 1 is 1.69 bits per heavy atom. The number of hydrogen-bond acceptors (Lipinski definition) is 4. The predicted octanol–water partition coefficient (Wildman–Crippen LogP) is 1.97. The molecule has 0 spiro atoms. The van der Waals surface area contributed by atoms with Gasteiger partial charge in [0, 0.05) is 11.9 Å². The van der Waals surface area contributed by atoms with Crippen molar-refractivity contribution in [3.8, 4) is 0 Å². The smallest absolute Gasteiger partial charge is 0.323 e. The number of carbonyl (C=O) groups is 1. The molecule has 0 aliphatic carbocycles. The molecule has 5 heteroatoms. The summed E-state index contributed by atoms with van der Waals surface area (Å²) < 4.78 is 0. The summed E-state index contributed by atoms with van der Waals surface area (Å²) in [6, 6.07) is 0. The van der Waals surface area contributed by atoms with E-state index < -0.39 is 11.5 Å². The second kappa shape index (κ2) is 4.51. The molecule has 0 amide bonds. The van der Waals surface area contributed by atoms with E-state index in [-0.39, 0.29) is 0 Å². The van der Waals surface area contributed by atoms with Gasteiger partial charge < -0.3 is 5.11 Å². The topological polar surface area (TPSA) is 53.4 Å². The molecular weight excluding hydrogens is 224 g/mol. The molecule has 88 valence electrons. The molecule has 2 rings (SSSR count). The Hall–Kier alpha value is -0.940. The summed E-state index contributed by atoms with van der Waals surface area (Å²) in [4.78, 5) is 17.6. The number of carboxylic acids is 1. The third-order valence-electron chi connectivity index (χ3n) is 3.34. The zero-order valence-electron chi connectivity index (χ0n) is 9.35. The van der Waals surface area contributed by atoms with Crippen molar-refractivity contribution in [3.63, 3.8) is 0 Å². The molecule has 1 aliphatic heterocycles. The second-order valence-corrected chi connectivity index (χ2v) is 5.16. The highest BCUT2D eigenvalue weighted by molar-refractivity contribution is 7.07. The van der Waals surface area contributed by atoms with Crippen LogP contribution in [0.25, 0.3) is 0 Å². The van der Waals surface area contributed by atoms with Crippen LogP contribution in [0.5, 0.6) is 0 Å². The Morgan fingerprint density at radius 3 is 3.12 bits per heavy atom. The van der Waals surface area contributed by atoms with Crippen LogP contribution in [0, 0.1) is 0 Å². The van der Waals surface area contributed by atoms with E-state index >= 15 is 0 Å². The fourth-order valence-electron chi connectivity index (χ4n) is 2.18. The Morgan fingerprint density at radius 2 is 2.50 bits per heavy atom. The Balaban J connectivity index is 2.14. The Bertz CT molecular complexity index is 366. The van der Waals surface area contributed by atoms with E-state index in [0.29, 0.717) is 6.54 Å². The minimum Gasteiger partial charge on any atom is -0.480 e. The van der Waals surface area contributed by atoms with Crippen molar-refractivity contribution in [2.24, 2.45) is 0 Å². The van der Waals surface area contributed by atoms with E-state index in [1.807, 2.05) is 17.2 Å². The van der Waals surface area contributed by atoms with Gasteiger partial charge >= 0.3 is 5.97 Å². The van der Waals surface area contributed by atoms with E-state index in [4.69, 9.17) is 0 Å². The molecule has 1 atom stereocenters. The highest BCUT2D eigenvalue weighted by atomic mass is 32.1. The molecule has 1 fully saturated rings. The number of thiazole rings is 1. The number of rotatable bonds is 3. The summed E-state index contributed by atoms with van der Waals surface area (Å²) in [6.07, 6.45) is 2.80. The lowest BCUT2D eigenvalue weighted by atomic mass is 9.88. The summed E-state index contributed by atoms with van der Waals surface area (Å²) in [7, 11) is 0. The zero-order chi connectivity index (χ0) is 11.6. The van der Waals surface area contributed by atoms with Gasteiger partial charge in [0.15, 0.2) is 0 Å². The third-order valence-corrected chi connectivity index (χ3v) is 3.97. The number of carboxylic acid groups (broad SMARTS) is 1. The van der Waals surface area contributed by atoms with Crippen LogP contribution < -0.4 is 0 Å². The molecule has 2 heterocycles. The van der Waals surface area contributed by atoms with Crippen molar-refractivity contribution < 1.29 is 9.90 Å². The van der Waals surface area contributed by atoms with Crippen molar-refractivity contribution in [3.05, 3.63) is 16.6 Å². The minimum atomic E-state index is -0.720. The van der Waals surface area contributed by atoms with Crippen LogP contribution in [-0.2, 0) is 11.3 Å². The van der Waals surface area contributed by atoms with Gasteiger partial charge in [0.25, 0.3) is 0 Å². The lowest BCUT2D eigenvalue weighted by molar-refractivity contribution is -0.153. The quantitative estimate of drug-likeness (QED) is 0.877. The van der Waals surface area contributed by atoms with Crippen LogP contribution in [-0.4, -0.2) is 33.0 Å². The zero-order valence-corrected chi connectivity index (χ0v) is 10.2. The fraction of sp³-hybridized carbons (Fsp3) is 0.636. The van der Waals surface area contributed by atoms with E-state index in [1.165, 1.54) is 0 Å². The largest absolute Gasteiger partial charge is 0.480 e. The first-order chi connectivity index (χ1) is 7.63. The number of hydrogen-bond donors (Lipinski definition) is 1. The van der Waals surface area contributed by atoms with Crippen LogP contribution in [0.2, 0.25) is 0 Å². The molecule has 1 unspecified atom stereocenters. The molecule has 0 radical (unpaired) electrons. The number of piperidine rings is 1. The minimum absolute atomic E-state index is 0.645. The summed E-state index contributed by atoms with van der Waals surface area (Å²) in [5.74, 6) is -0.720. The summed E-state index contributed by atoms with van der Waals surface area (Å²) in [5, 5.41) is 11.3. The average Bonchev–Trinajstić information content (AvgIpc) is 2.74. The molecule has 0 saturated carbocycles. The van der Waals surface area contributed by atoms with Crippen molar-refractivity contribution >= 4 is 17.3 Å². The SMILES string of the molecule is CC1(C(=O)O)CCCCN1Cc1cscn1. The molecule has 1 N–H and O–H groups in total. The lowest BCUT2D eigenvalue weighted by Crippen LogP contribution is -2.54. The maximum atomic E-state index is 11.4. The van der Waals surface area contributed by atoms with Gasteiger partial charge in [0.05, 0.1) is 11.2 Å². The van der Waals surface area contributed by atoms with Crippen LogP contribution in [0.3, 0.4) is 0 Å². The van der Waals surface area contributed by atoms with Gasteiger partial charge in [-0.25, -0.2) is 4.98 Å². The van der Waals surface area contributed by atoms with E-state index in [9.17, 15) is 9.90 Å². The van der Waals surface area contributed by atoms with Crippen molar-refractivity contribution in [2.45, 2.75) is 38.3 Å². The summed E-state index contributed by atoms with van der Waals surface area (Å²) >= 11 is 1.55. The summed E-state index contributed by atoms with van der Waals surface area (Å²) in [6.45, 7) is 3.31. The molecule has 16 heavy (non-hydrogen) atoms. The molecule has 0 aromatic carbocycles. The monoisotopic (exact) mass is 240 g/mol. The van der Waals surface area contributed by atoms with Crippen molar-refractivity contribution in [1.29, 1.82) is 0 Å². The maximum Gasteiger partial charge on any atom is 0.323 e. The van der Waals surface area contributed by atoms with Gasteiger partial charge in [0.2, 0.25) is 0 Å². The van der Waals surface area contributed by atoms with Crippen molar-refractivity contribution in [2.75, 3.05) is 6.54 Å². The molecule has 0 bridgehead atoms. The normalized spacial score (nSPS) is 26.8. The number of nitrogens with zero attached hydrogens (tertiary/aromatic N) is 2. The molecule has 1 aliphatic rings. The first kappa shape index (κ1) is 11.5.